The molecule has 2 aromatic rings. The monoisotopic (exact) mass is 268 g/mol. The van der Waals surface area contributed by atoms with Crippen molar-refractivity contribution in [3.63, 3.8) is 0 Å². The molecule has 1 atom stereocenters. The Labute approximate surface area is 120 Å². The fraction of sp³-hybridized carbons (Fsp3) is 0.278. The Morgan fingerprint density at radius 2 is 1.65 bits per heavy atom. The molecular formula is C18H20O2. The molecule has 0 heterocycles. The van der Waals surface area contributed by atoms with E-state index in [1.807, 2.05) is 63.2 Å². The van der Waals surface area contributed by atoms with Gasteiger partial charge in [0, 0.05) is 12.2 Å². The van der Waals surface area contributed by atoms with E-state index in [1.54, 1.807) is 0 Å². The molecule has 0 aliphatic carbocycles. The Bertz CT molecular complexity index is 567. The second-order valence-electron chi connectivity index (χ2n) is 4.99. The highest BCUT2D eigenvalue weighted by Gasteiger charge is 2.22. The number of ether oxygens (including phenoxy) is 1. The van der Waals surface area contributed by atoms with Crippen molar-refractivity contribution in [1.29, 1.82) is 0 Å². The maximum atomic E-state index is 12.7. The third kappa shape index (κ3) is 3.34. The minimum absolute atomic E-state index is 0.0184. The first-order valence-electron chi connectivity index (χ1n) is 6.91. The van der Waals surface area contributed by atoms with Crippen LogP contribution in [0.2, 0.25) is 0 Å². The van der Waals surface area contributed by atoms with Crippen LogP contribution in [0.25, 0.3) is 0 Å². The lowest BCUT2D eigenvalue weighted by atomic mass is 9.97. The molecule has 104 valence electrons. The van der Waals surface area contributed by atoms with Crippen molar-refractivity contribution < 1.29 is 9.53 Å². The summed E-state index contributed by atoms with van der Waals surface area (Å²) in [6.45, 7) is 6.42. The first-order chi connectivity index (χ1) is 9.61. The van der Waals surface area contributed by atoms with Crippen LogP contribution < -0.4 is 0 Å². The molecule has 0 aliphatic rings. The van der Waals surface area contributed by atoms with Crippen molar-refractivity contribution in [3.8, 4) is 0 Å². The molecule has 1 unspecified atom stereocenters. The van der Waals surface area contributed by atoms with Crippen LogP contribution in [-0.4, -0.2) is 12.4 Å². The normalized spacial score (nSPS) is 12.2. The zero-order chi connectivity index (χ0) is 14.5. The van der Waals surface area contributed by atoms with Crippen molar-refractivity contribution in [2.75, 3.05) is 6.61 Å². The number of carbonyl (C=O) groups is 1. The second kappa shape index (κ2) is 6.49. The van der Waals surface area contributed by atoms with Gasteiger partial charge in [0.1, 0.15) is 6.10 Å². The summed E-state index contributed by atoms with van der Waals surface area (Å²) in [6.07, 6.45) is -0.526. The Morgan fingerprint density at radius 1 is 1.05 bits per heavy atom. The van der Waals surface area contributed by atoms with Crippen LogP contribution in [-0.2, 0) is 4.74 Å². The lowest BCUT2D eigenvalue weighted by molar-refractivity contribution is 0.0452. The summed E-state index contributed by atoms with van der Waals surface area (Å²) in [5.41, 5.74) is 3.80. The van der Waals surface area contributed by atoms with Crippen molar-refractivity contribution >= 4 is 5.78 Å². The van der Waals surface area contributed by atoms with Gasteiger partial charge in [0.05, 0.1) is 0 Å². The third-order valence-corrected chi connectivity index (χ3v) is 3.18. The average molecular weight is 268 g/mol. The molecule has 2 heteroatoms. The van der Waals surface area contributed by atoms with Gasteiger partial charge in [0.2, 0.25) is 0 Å². The van der Waals surface area contributed by atoms with Gasteiger partial charge in [0.25, 0.3) is 0 Å². The Balaban J connectivity index is 2.36. The van der Waals surface area contributed by atoms with Gasteiger partial charge in [-0.3, -0.25) is 4.79 Å². The number of aryl methyl sites for hydroxylation is 2. The predicted molar refractivity (Wildman–Crippen MR) is 81.1 cm³/mol. The first-order valence-corrected chi connectivity index (χ1v) is 6.91. The molecule has 0 aliphatic heterocycles. The van der Waals surface area contributed by atoms with E-state index in [4.69, 9.17) is 4.74 Å². The highest BCUT2D eigenvalue weighted by Crippen LogP contribution is 2.23. The summed E-state index contributed by atoms with van der Waals surface area (Å²) in [5, 5.41) is 0. The fourth-order valence-electron chi connectivity index (χ4n) is 2.39. The number of benzene rings is 2. The lowest BCUT2D eigenvalue weighted by Crippen LogP contribution is -2.16. The molecule has 0 bridgehead atoms. The topological polar surface area (TPSA) is 26.3 Å². The van der Waals surface area contributed by atoms with Crippen molar-refractivity contribution in [3.05, 3.63) is 70.8 Å². The number of ketones is 1. The van der Waals surface area contributed by atoms with Gasteiger partial charge in [-0.05, 0) is 38.5 Å². The lowest BCUT2D eigenvalue weighted by Gasteiger charge is -2.17. The first kappa shape index (κ1) is 14.5. The fourth-order valence-corrected chi connectivity index (χ4v) is 2.39. The van der Waals surface area contributed by atoms with E-state index < -0.39 is 6.10 Å². The summed E-state index contributed by atoms with van der Waals surface area (Å²) in [4.78, 5) is 12.7. The molecule has 0 spiro atoms. The van der Waals surface area contributed by atoms with Gasteiger partial charge < -0.3 is 4.74 Å². The van der Waals surface area contributed by atoms with E-state index >= 15 is 0 Å². The average Bonchev–Trinajstić information content (AvgIpc) is 2.44. The molecule has 0 saturated carbocycles. The molecule has 0 amide bonds. The number of carbonyl (C=O) groups excluding carboxylic acids is 1. The van der Waals surface area contributed by atoms with Gasteiger partial charge in [-0.15, -0.1) is 0 Å². The molecule has 2 nitrogen and oxygen atoms in total. The van der Waals surface area contributed by atoms with Gasteiger partial charge >= 0.3 is 0 Å². The summed E-state index contributed by atoms with van der Waals surface area (Å²) in [6, 6.07) is 15.6. The summed E-state index contributed by atoms with van der Waals surface area (Å²) < 4.78 is 5.67. The molecule has 0 N–H and O–H groups in total. The zero-order valence-electron chi connectivity index (χ0n) is 12.2. The molecule has 2 rings (SSSR count). The molecule has 2 aromatic carbocycles. The summed E-state index contributed by atoms with van der Waals surface area (Å²) in [5.74, 6) is 0.0184. The zero-order valence-corrected chi connectivity index (χ0v) is 12.2. The smallest absolute Gasteiger partial charge is 0.196 e. The molecular weight excluding hydrogens is 248 g/mol. The van der Waals surface area contributed by atoms with Crippen LogP contribution in [0.5, 0.6) is 0 Å². The van der Waals surface area contributed by atoms with Gasteiger partial charge in [-0.1, -0.05) is 47.5 Å². The van der Waals surface area contributed by atoms with E-state index in [2.05, 4.69) is 6.07 Å². The predicted octanol–water partition coefficient (Wildman–Crippen LogP) is 4.26. The highest BCUT2D eigenvalue weighted by atomic mass is 16.5. The number of rotatable bonds is 5. The van der Waals surface area contributed by atoms with Gasteiger partial charge in [0.15, 0.2) is 5.78 Å². The maximum absolute atomic E-state index is 12.7. The quantitative estimate of drug-likeness (QED) is 0.757. The van der Waals surface area contributed by atoms with Crippen LogP contribution in [0.15, 0.2) is 48.5 Å². The maximum Gasteiger partial charge on any atom is 0.196 e. The standard InChI is InChI=1S/C18H20O2/c1-4-20-18(15-8-6-5-7-9-15)17(19)16-11-13(2)10-14(3)12-16/h5-12,18H,4H2,1-3H3. The van der Waals surface area contributed by atoms with E-state index in [9.17, 15) is 4.79 Å². The highest BCUT2D eigenvalue weighted by molar-refractivity contribution is 6.00. The van der Waals surface area contributed by atoms with Crippen LogP contribution in [0.4, 0.5) is 0 Å². The van der Waals surface area contributed by atoms with E-state index in [0.29, 0.717) is 12.2 Å². The Hall–Kier alpha value is -1.93. The number of Topliss-reactive ketones (excluding diaryl/α,β-unsaturated/α-hetero) is 1. The van der Waals surface area contributed by atoms with Crippen molar-refractivity contribution in [2.45, 2.75) is 26.9 Å². The minimum Gasteiger partial charge on any atom is -0.366 e. The molecule has 0 radical (unpaired) electrons. The van der Waals surface area contributed by atoms with Crippen LogP contribution in [0, 0.1) is 13.8 Å². The van der Waals surface area contributed by atoms with Crippen molar-refractivity contribution in [1.82, 2.24) is 0 Å². The molecule has 0 aromatic heterocycles. The van der Waals surface area contributed by atoms with Gasteiger partial charge in [-0.2, -0.15) is 0 Å². The summed E-state index contributed by atoms with van der Waals surface area (Å²) in [7, 11) is 0. The summed E-state index contributed by atoms with van der Waals surface area (Å²) >= 11 is 0. The Morgan fingerprint density at radius 3 is 2.20 bits per heavy atom. The minimum atomic E-state index is -0.526. The number of hydrogen-bond acceptors (Lipinski definition) is 2. The SMILES string of the molecule is CCOC(C(=O)c1cc(C)cc(C)c1)c1ccccc1. The molecule has 0 saturated heterocycles. The number of hydrogen-bond donors (Lipinski definition) is 0. The van der Waals surface area contributed by atoms with Crippen LogP contribution in [0.1, 0.15) is 40.1 Å². The van der Waals surface area contributed by atoms with E-state index in [-0.39, 0.29) is 5.78 Å². The molecule has 20 heavy (non-hydrogen) atoms. The van der Waals surface area contributed by atoms with Gasteiger partial charge in [-0.25, -0.2) is 0 Å². The van der Waals surface area contributed by atoms with E-state index in [0.717, 1.165) is 16.7 Å². The van der Waals surface area contributed by atoms with Crippen molar-refractivity contribution in [2.24, 2.45) is 0 Å². The van der Waals surface area contributed by atoms with E-state index in [1.165, 1.54) is 0 Å². The Kier molecular flexibility index (Phi) is 4.70. The van der Waals surface area contributed by atoms with Crippen LogP contribution >= 0.6 is 0 Å². The van der Waals surface area contributed by atoms with Crippen LogP contribution in [0.3, 0.4) is 0 Å². The third-order valence-electron chi connectivity index (χ3n) is 3.18. The largest absolute Gasteiger partial charge is 0.366 e. The molecule has 0 fully saturated rings. The second-order valence-corrected chi connectivity index (χ2v) is 4.99.